The number of aromatic nitrogens is 2. The molecule has 0 radical (unpaired) electrons. The van der Waals surface area contributed by atoms with E-state index in [2.05, 4.69) is 10.1 Å². The third-order valence-corrected chi connectivity index (χ3v) is 3.61. The Morgan fingerprint density at radius 2 is 1.93 bits per heavy atom. The van der Waals surface area contributed by atoms with Crippen LogP contribution >= 0.6 is 0 Å². The highest BCUT2D eigenvalue weighted by Crippen LogP contribution is 2.57. The molecule has 1 aromatic heterocycles. The Labute approximate surface area is 89.2 Å². The molecule has 0 bridgehead atoms. The van der Waals surface area contributed by atoms with E-state index in [-0.39, 0.29) is 0 Å². The van der Waals surface area contributed by atoms with Gasteiger partial charge in [-0.1, -0.05) is 5.16 Å². The van der Waals surface area contributed by atoms with Crippen LogP contribution in [0.15, 0.2) is 4.52 Å². The number of nitrogens with zero attached hydrogens (tertiary/aromatic N) is 2. The van der Waals surface area contributed by atoms with Crippen molar-refractivity contribution >= 4 is 0 Å². The topological polar surface area (TPSA) is 64.9 Å². The molecule has 4 nitrogen and oxygen atoms in total. The predicted octanol–water partition coefficient (Wildman–Crippen LogP) is 1.78. The minimum atomic E-state index is -0.497. The Balaban J connectivity index is 1.79. The molecule has 2 aliphatic carbocycles. The van der Waals surface area contributed by atoms with Gasteiger partial charge in [0.1, 0.15) is 0 Å². The van der Waals surface area contributed by atoms with Gasteiger partial charge in [0, 0.05) is 5.92 Å². The number of fused-ring (bicyclic) bond motifs is 1. The van der Waals surface area contributed by atoms with Gasteiger partial charge in [-0.25, -0.2) is 0 Å². The van der Waals surface area contributed by atoms with E-state index in [4.69, 9.17) is 10.3 Å². The van der Waals surface area contributed by atoms with Gasteiger partial charge in [0.05, 0.1) is 5.54 Å². The second-order valence-corrected chi connectivity index (χ2v) is 5.60. The SMILES string of the molecule is CC(C)(N)c1noc(C2CC3CC3C2)n1. The van der Waals surface area contributed by atoms with Crippen LogP contribution in [0.25, 0.3) is 0 Å². The summed E-state index contributed by atoms with van der Waals surface area (Å²) in [7, 11) is 0. The van der Waals surface area contributed by atoms with Crippen molar-refractivity contribution in [1.82, 2.24) is 10.1 Å². The minimum Gasteiger partial charge on any atom is -0.339 e. The minimum absolute atomic E-state index is 0.497. The maximum Gasteiger partial charge on any atom is 0.229 e. The van der Waals surface area contributed by atoms with Crippen molar-refractivity contribution in [3.05, 3.63) is 11.7 Å². The monoisotopic (exact) mass is 207 g/mol. The lowest BCUT2D eigenvalue weighted by atomic mass is 10.0. The molecular formula is C11H17N3O. The maximum atomic E-state index is 5.92. The van der Waals surface area contributed by atoms with Crippen LogP contribution in [0.4, 0.5) is 0 Å². The van der Waals surface area contributed by atoms with E-state index >= 15 is 0 Å². The van der Waals surface area contributed by atoms with Gasteiger partial charge in [-0.15, -0.1) is 0 Å². The summed E-state index contributed by atoms with van der Waals surface area (Å²) in [6.45, 7) is 3.79. The first-order chi connectivity index (χ1) is 7.04. The van der Waals surface area contributed by atoms with E-state index in [9.17, 15) is 0 Å². The fourth-order valence-corrected chi connectivity index (χ4v) is 2.58. The van der Waals surface area contributed by atoms with Gasteiger partial charge in [-0.05, 0) is 44.9 Å². The predicted molar refractivity (Wildman–Crippen MR) is 55.1 cm³/mol. The van der Waals surface area contributed by atoms with Crippen LogP contribution in [0, 0.1) is 11.8 Å². The molecular weight excluding hydrogens is 190 g/mol. The summed E-state index contributed by atoms with van der Waals surface area (Å²) in [4.78, 5) is 4.42. The molecule has 4 heteroatoms. The average molecular weight is 207 g/mol. The first kappa shape index (κ1) is 9.33. The summed E-state index contributed by atoms with van der Waals surface area (Å²) in [6, 6.07) is 0. The van der Waals surface area contributed by atoms with Crippen molar-refractivity contribution in [2.75, 3.05) is 0 Å². The summed E-state index contributed by atoms with van der Waals surface area (Å²) in [5.74, 6) is 3.80. The van der Waals surface area contributed by atoms with Crippen LogP contribution in [0.3, 0.4) is 0 Å². The molecule has 2 saturated carbocycles. The third-order valence-electron chi connectivity index (χ3n) is 3.61. The first-order valence-corrected chi connectivity index (χ1v) is 5.67. The van der Waals surface area contributed by atoms with Crippen LogP contribution in [0.5, 0.6) is 0 Å². The van der Waals surface area contributed by atoms with Crippen LogP contribution in [0.2, 0.25) is 0 Å². The Morgan fingerprint density at radius 1 is 1.27 bits per heavy atom. The van der Waals surface area contributed by atoms with Gasteiger partial charge in [0.2, 0.25) is 5.89 Å². The molecule has 1 heterocycles. The van der Waals surface area contributed by atoms with Crippen LogP contribution in [-0.4, -0.2) is 10.1 Å². The van der Waals surface area contributed by atoms with Crippen molar-refractivity contribution < 1.29 is 4.52 Å². The number of rotatable bonds is 2. The maximum absolute atomic E-state index is 5.92. The molecule has 1 aromatic rings. The van der Waals surface area contributed by atoms with E-state index in [1.807, 2.05) is 13.8 Å². The van der Waals surface area contributed by atoms with Crippen molar-refractivity contribution in [2.24, 2.45) is 17.6 Å². The fraction of sp³-hybridized carbons (Fsp3) is 0.818. The lowest BCUT2D eigenvalue weighted by Crippen LogP contribution is -2.30. The molecule has 0 amide bonds. The first-order valence-electron chi connectivity index (χ1n) is 5.67. The fourth-order valence-electron chi connectivity index (χ4n) is 2.58. The molecule has 2 fully saturated rings. The summed E-state index contributed by atoms with van der Waals surface area (Å²) in [5, 5.41) is 3.96. The Morgan fingerprint density at radius 3 is 2.47 bits per heavy atom. The average Bonchev–Trinajstić information content (AvgIpc) is 2.68. The van der Waals surface area contributed by atoms with Crippen LogP contribution < -0.4 is 5.73 Å². The highest BCUT2D eigenvalue weighted by Gasteiger charge is 2.48. The van der Waals surface area contributed by atoms with Crippen LogP contribution in [-0.2, 0) is 5.54 Å². The molecule has 2 aliphatic rings. The molecule has 0 aliphatic heterocycles. The standard InChI is InChI=1S/C11H17N3O/c1-11(2,12)10-13-9(15-14-10)8-4-6-3-7(6)5-8/h6-8H,3-5,12H2,1-2H3. The number of hydrogen-bond donors (Lipinski definition) is 1. The molecule has 0 aromatic carbocycles. The zero-order chi connectivity index (χ0) is 10.6. The molecule has 2 N–H and O–H groups in total. The lowest BCUT2D eigenvalue weighted by Gasteiger charge is -2.11. The Bertz CT molecular complexity index is 369. The molecule has 82 valence electrons. The molecule has 3 rings (SSSR count). The highest BCUT2D eigenvalue weighted by molar-refractivity contribution is 5.08. The van der Waals surface area contributed by atoms with Gasteiger partial charge >= 0.3 is 0 Å². The van der Waals surface area contributed by atoms with E-state index in [1.165, 1.54) is 19.3 Å². The van der Waals surface area contributed by atoms with Gasteiger partial charge in [-0.2, -0.15) is 4.98 Å². The van der Waals surface area contributed by atoms with Crippen molar-refractivity contribution in [3.8, 4) is 0 Å². The molecule has 2 atom stereocenters. The van der Waals surface area contributed by atoms with E-state index in [0.29, 0.717) is 11.7 Å². The summed E-state index contributed by atoms with van der Waals surface area (Å²) in [5.41, 5.74) is 5.42. The third kappa shape index (κ3) is 1.57. The Kier molecular flexibility index (Phi) is 1.75. The lowest BCUT2D eigenvalue weighted by molar-refractivity contribution is 0.335. The van der Waals surface area contributed by atoms with E-state index in [0.717, 1.165) is 17.7 Å². The van der Waals surface area contributed by atoms with Crippen molar-refractivity contribution in [1.29, 1.82) is 0 Å². The highest BCUT2D eigenvalue weighted by atomic mass is 16.5. The zero-order valence-corrected chi connectivity index (χ0v) is 9.23. The van der Waals surface area contributed by atoms with Crippen LogP contribution in [0.1, 0.15) is 50.7 Å². The normalized spacial score (nSPS) is 34.2. The van der Waals surface area contributed by atoms with E-state index in [1.54, 1.807) is 0 Å². The van der Waals surface area contributed by atoms with Crippen molar-refractivity contribution in [2.45, 2.75) is 44.6 Å². The summed E-state index contributed by atoms with van der Waals surface area (Å²) < 4.78 is 5.30. The van der Waals surface area contributed by atoms with Gasteiger partial charge < -0.3 is 10.3 Å². The Hall–Kier alpha value is -0.900. The molecule has 2 unspecified atom stereocenters. The van der Waals surface area contributed by atoms with Gasteiger partial charge in [0.15, 0.2) is 5.82 Å². The van der Waals surface area contributed by atoms with Gasteiger partial charge in [0.25, 0.3) is 0 Å². The second kappa shape index (κ2) is 2.82. The smallest absolute Gasteiger partial charge is 0.229 e. The van der Waals surface area contributed by atoms with E-state index < -0.39 is 5.54 Å². The molecule has 0 saturated heterocycles. The number of nitrogens with two attached hydrogens (primary N) is 1. The number of hydrogen-bond acceptors (Lipinski definition) is 4. The second-order valence-electron chi connectivity index (χ2n) is 5.60. The van der Waals surface area contributed by atoms with Crippen molar-refractivity contribution in [3.63, 3.8) is 0 Å². The summed E-state index contributed by atoms with van der Waals surface area (Å²) in [6.07, 6.45) is 3.88. The molecule has 0 spiro atoms. The quantitative estimate of drug-likeness (QED) is 0.802. The molecule has 15 heavy (non-hydrogen) atoms. The van der Waals surface area contributed by atoms with Gasteiger partial charge in [-0.3, -0.25) is 0 Å². The summed E-state index contributed by atoms with van der Waals surface area (Å²) >= 11 is 0. The largest absolute Gasteiger partial charge is 0.339 e. The zero-order valence-electron chi connectivity index (χ0n) is 9.23.